The van der Waals surface area contributed by atoms with Gasteiger partial charge in [0.25, 0.3) is 0 Å². The molecule has 0 unspecified atom stereocenters. The molecule has 1 saturated carbocycles. The summed E-state index contributed by atoms with van der Waals surface area (Å²) in [5.74, 6) is 1.21. The van der Waals surface area contributed by atoms with Crippen LogP contribution in [0.4, 0.5) is 5.95 Å². The third kappa shape index (κ3) is 6.03. The van der Waals surface area contributed by atoms with E-state index in [2.05, 4.69) is 20.3 Å². The molecule has 1 fully saturated rings. The number of nitrogens with two attached hydrogens (primary N) is 1. The lowest BCUT2D eigenvalue weighted by Crippen LogP contribution is -2.41. The van der Waals surface area contributed by atoms with E-state index in [1.165, 1.54) is 32.1 Å². The van der Waals surface area contributed by atoms with Gasteiger partial charge < -0.3 is 16.0 Å². The summed E-state index contributed by atoms with van der Waals surface area (Å²) in [6.07, 6.45) is 8.02. The van der Waals surface area contributed by atoms with Gasteiger partial charge in [0.05, 0.1) is 12.2 Å². The normalized spacial score (nSPS) is 16.2. The van der Waals surface area contributed by atoms with Crippen molar-refractivity contribution >= 4 is 35.9 Å². The molecule has 0 bridgehead atoms. The van der Waals surface area contributed by atoms with Crippen molar-refractivity contribution in [1.29, 1.82) is 0 Å². The molecule has 0 radical (unpaired) electrons. The Labute approximate surface area is 143 Å². The molecule has 7 heteroatoms. The van der Waals surface area contributed by atoms with Crippen LogP contribution in [-0.2, 0) is 6.54 Å². The van der Waals surface area contributed by atoms with Crippen molar-refractivity contribution in [2.24, 2.45) is 10.7 Å². The molecule has 118 valence electrons. The molecule has 0 saturated heterocycles. The first-order valence-electron chi connectivity index (χ1n) is 7.21. The van der Waals surface area contributed by atoms with Gasteiger partial charge in [-0.1, -0.05) is 19.3 Å². The highest BCUT2D eigenvalue weighted by Gasteiger charge is 2.13. The first-order valence-corrected chi connectivity index (χ1v) is 7.21. The Hall–Kier alpha value is -1.12. The van der Waals surface area contributed by atoms with Crippen LogP contribution in [-0.4, -0.2) is 36.1 Å². The molecule has 1 aliphatic rings. The van der Waals surface area contributed by atoms with Gasteiger partial charge in [-0.2, -0.15) is 0 Å². The lowest BCUT2D eigenvalue weighted by atomic mass is 9.96. The first-order chi connectivity index (χ1) is 9.65. The van der Waals surface area contributed by atoms with Gasteiger partial charge in [0.2, 0.25) is 5.95 Å². The van der Waals surface area contributed by atoms with Gasteiger partial charge in [0.15, 0.2) is 5.96 Å². The summed E-state index contributed by atoms with van der Waals surface area (Å²) in [6.45, 7) is 0.481. The molecule has 1 heterocycles. The van der Waals surface area contributed by atoms with Crippen LogP contribution in [0.5, 0.6) is 0 Å². The molecule has 2 rings (SSSR count). The Morgan fingerprint density at radius 3 is 2.76 bits per heavy atom. The maximum Gasteiger partial charge on any atom is 0.225 e. The second-order valence-electron chi connectivity index (χ2n) is 5.42. The van der Waals surface area contributed by atoms with E-state index in [0.717, 1.165) is 5.69 Å². The van der Waals surface area contributed by atoms with E-state index in [-0.39, 0.29) is 24.0 Å². The number of nitrogens with zero attached hydrogens (tertiary/aromatic N) is 4. The Balaban J connectivity index is 0.00000220. The minimum absolute atomic E-state index is 0. The minimum Gasteiger partial charge on any atom is -0.370 e. The molecule has 3 N–H and O–H groups in total. The molecule has 0 atom stereocenters. The van der Waals surface area contributed by atoms with Gasteiger partial charge in [0.1, 0.15) is 0 Å². The number of guanidine groups is 1. The number of nitrogens with one attached hydrogen (secondary N) is 1. The van der Waals surface area contributed by atoms with E-state index < -0.39 is 0 Å². The lowest BCUT2D eigenvalue weighted by Gasteiger charge is -2.23. The molecule has 0 spiro atoms. The van der Waals surface area contributed by atoms with Gasteiger partial charge in [-0.3, -0.25) is 0 Å². The number of hydrogen-bond donors (Lipinski definition) is 2. The van der Waals surface area contributed by atoms with Crippen molar-refractivity contribution in [2.45, 2.75) is 44.7 Å². The third-order valence-corrected chi connectivity index (χ3v) is 3.47. The predicted octanol–water partition coefficient (Wildman–Crippen LogP) is 1.90. The maximum absolute atomic E-state index is 5.94. The minimum atomic E-state index is 0. The highest BCUT2D eigenvalue weighted by atomic mass is 127. The zero-order valence-corrected chi connectivity index (χ0v) is 15.1. The van der Waals surface area contributed by atoms with Gasteiger partial charge in [-0.15, -0.1) is 24.0 Å². The SMILES string of the molecule is CN(C)c1nccc(CN=C(N)NC2CCCCC2)n1.I. The molecule has 6 nitrogen and oxygen atoms in total. The molecule has 0 aromatic carbocycles. The molecular formula is C14H25IN6. The number of anilines is 1. The van der Waals surface area contributed by atoms with Crippen molar-refractivity contribution < 1.29 is 0 Å². The molecule has 1 aliphatic carbocycles. The predicted molar refractivity (Wildman–Crippen MR) is 97.1 cm³/mol. The fourth-order valence-corrected chi connectivity index (χ4v) is 2.36. The fourth-order valence-electron chi connectivity index (χ4n) is 2.36. The van der Waals surface area contributed by atoms with Crippen molar-refractivity contribution in [1.82, 2.24) is 15.3 Å². The van der Waals surface area contributed by atoms with Crippen LogP contribution in [0.15, 0.2) is 17.3 Å². The van der Waals surface area contributed by atoms with Crippen molar-refractivity contribution in [2.75, 3.05) is 19.0 Å². The summed E-state index contributed by atoms with van der Waals surface area (Å²) >= 11 is 0. The van der Waals surface area contributed by atoms with E-state index >= 15 is 0 Å². The fraction of sp³-hybridized carbons (Fsp3) is 0.643. The summed E-state index contributed by atoms with van der Waals surface area (Å²) in [5, 5.41) is 3.30. The summed E-state index contributed by atoms with van der Waals surface area (Å²) < 4.78 is 0. The number of halogens is 1. The zero-order valence-electron chi connectivity index (χ0n) is 12.7. The standard InChI is InChI=1S/C14H24N6.HI/c1-20(2)14-16-9-8-12(19-14)10-17-13(15)18-11-6-4-3-5-7-11;/h8-9,11H,3-7,10H2,1-2H3,(H3,15,17,18);1H. The molecule has 0 aliphatic heterocycles. The number of aliphatic imine (C=N–C) groups is 1. The largest absolute Gasteiger partial charge is 0.370 e. The van der Waals surface area contributed by atoms with E-state index in [9.17, 15) is 0 Å². The maximum atomic E-state index is 5.94. The molecule has 0 amide bonds. The highest BCUT2D eigenvalue weighted by Crippen LogP contribution is 2.17. The van der Waals surface area contributed by atoms with Crippen molar-refractivity contribution in [3.8, 4) is 0 Å². The van der Waals surface area contributed by atoms with Gasteiger partial charge in [-0.25, -0.2) is 15.0 Å². The average Bonchev–Trinajstić information content (AvgIpc) is 2.46. The Morgan fingerprint density at radius 2 is 2.10 bits per heavy atom. The van der Waals surface area contributed by atoms with Crippen LogP contribution < -0.4 is 16.0 Å². The summed E-state index contributed by atoms with van der Waals surface area (Å²) in [7, 11) is 3.84. The molecular weight excluding hydrogens is 379 g/mol. The van der Waals surface area contributed by atoms with Gasteiger partial charge in [0, 0.05) is 26.3 Å². The van der Waals surface area contributed by atoms with E-state index in [1.807, 2.05) is 25.1 Å². The first kappa shape index (κ1) is 17.9. The topological polar surface area (TPSA) is 79.4 Å². The van der Waals surface area contributed by atoms with Crippen LogP contribution in [0.3, 0.4) is 0 Å². The smallest absolute Gasteiger partial charge is 0.225 e. The number of aromatic nitrogens is 2. The lowest BCUT2D eigenvalue weighted by molar-refractivity contribution is 0.412. The monoisotopic (exact) mass is 404 g/mol. The average molecular weight is 404 g/mol. The zero-order chi connectivity index (χ0) is 14.4. The van der Waals surface area contributed by atoms with Crippen LogP contribution in [0.1, 0.15) is 37.8 Å². The Kier molecular flexibility index (Phi) is 7.69. The second kappa shape index (κ2) is 9.01. The number of rotatable bonds is 4. The van der Waals surface area contributed by atoms with Crippen molar-refractivity contribution in [3.63, 3.8) is 0 Å². The summed E-state index contributed by atoms with van der Waals surface area (Å²) in [4.78, 5) is 14.8. The van der Waals surface area contributed by atoms with Crippen LogP contribution >= 0.6 is 24.0 Å². The van der Waals surface area contributed by atoms with Crippen LogP contribution in [0.25, 0.3) is 0 Å². The molecule has 1 aromatic heterocycles. The van der Waals surface area contributed by atoms with E-state index in [4.69, 9.17) is 5.73 Å². The van der Waals surface area contributed by atoms with Crippen LogP contribution in [0, 0.1) is 0 Å². The molecule has 21 heavy (non-hydrogen) atoms. The van der Waals surface area contributed by atoms with Crippen LogP contribution in [0.2, 0.25) is 0 Å². The quantitative estimate of drug-likeness (QED) is 0.455. The van der Waals surface area contributed by atoms with Crippen molar-refractivity contribution in [3.05, 3.63) is 18.0 Å². The Bertz CT molecular complexity index is 457. The number of hydrogen-bond acceptors (Lipinski definition) is 4. The third-order valence-electron chi connectivity index (χ3n) is 3.47. The summed E-state index contributed by atoms with van der Waals surface area (Å²) in [6, 6.07) is 2.35. The second-order valence-corrected chi connectivity index (χ2v) is 5.42. The van der Waals surface area contributed by atoms with Gasteiger partial charge in [-0.05, 0) is 18.9 Å². The molecule has 1 aromatic rings. The summed E-state index contributed by atoms with van der Waals surface area (Å²) in [5.41, 5.74) is 6.81. The van der Waals surface area contributed by atoms with E-state index in [1.54, 1.807) is 6.20 Å². The highest BCUT2D eigenvalue weighted by molar-refractivity contribution is 14.0. The van der Waals surface area contributed by atoms with E-state index in [0.29, 0.717) is 24.5 Å². The Morgan fingerprint density at radius 1 is 1.38 bits per heavy atom. The van der Waals surface area contributed by atoms with Gasteiger partial charge >= 0.3 is 0 Å².